The van der Waals surface area contributed by atoms with Gasteiger partial charge in [0, 0.05) is 28.9 Å². The molecule has 0 N–H and O–H groups in total. The quantitative estimate of drug-likeness (QED) is 0.393. The van der Waals surface area contributed by atoms with E-state index in [1.807, 2.05) is 35.9 Å². The monoisotopic (exact) mass is 375 g/mol. The Kier molecular flexibility index (Phi) is 4.03. The summed E-state index contributed by atoms with van der Waals surface area (Å²) in [5, 5.41) is 9.28. The van der Waals surface area contributed by atoms with Crippen LogP contribution in [0.5, 0.6) is 0 Å². The van der Waals surface area contributed by atoms with Gasteiger partial charge >= 0.3 is 0 Å². The Morgan fingerprint density at radius 2 is 2.25 bits per heavy atom. The Balaban J connectivity index is 1.73. The third-order valence-electron chi connectivity index (χ3n) is 3.58. The number of aromatic nitrogens is 3. The van der Waals surface area contributed by atoms with Crippen molar-refractivity contribution in [2.45, 2.75) is 17.8 Å². The number of hydrogen-bond donors (Lipinski definition) is 0. The molecule has 0 spiro atoms. The van der Waals surface area contributed by atoms with E-state index in [-0.39, 0.29) is 5.56 Å². The molecule has 0 bridgehead atoms. The van der Waals surface area contributed by atoms with Gasteiger partial charge in [-0.1, -0.05) is 23.0 Å². The highest BCUT2D eigenvalue weighted by Crippen LogP contribution is 2.34. The van der Waals surface area contributed by atoms with E-state index < -0.39 is 0 Å². The summed E-state index contributed by atoms with van der Waals surface area (Å²) in [5.41, 5.74) is 1.81. The third kappa shape index (κ3) is 2.70. The number of rotatable bonds is 4. The minimum atomic E-state index is -0.0131. The standard InChI is InChI=1S/C16H13N3O2S3/c1-9-6-10(21-18-9)7-24-16-17-14-13(15(20)19(16)2)11(8-23-14)12-4-3-5-22-12/h3-6,8H,7H2,1-2H3. The fourth-order valence-electron chi connectivity index (χ4n) is 2.42. The van der Waals surface area contributed by atoms with Crippen LogP contribution in [0.1, 0.15) is 11.5 Å². The third-order valence-corrected chi connectivity index (χ3v) is 6.41. The topological polar surface area (TPSA) is 60.9 Å². The lowest BCUT2D eigenvalue weighted by atomic mass is 10.2. The first-order valence-corrected chi connectivity index (χ1v) is 9.95. The Morgan fingerprint density at radius 3 is 2.96 bits per heavy atom. The zero-order valence-electron chi connectivity index (χ0n) is 13.0. The van der Waals surface area contributed by atoms with Crippen molar-refractivity contribution >= 4 is 44.7 Å². The normalized spacial score (nSPS) is 11.4. The number of thiophene rings is 2. The Hall–Kier alpha value is -1.90. The van der Waals surface area contributed by atoms with Crippen molar-refractivity contribution in [3.05, 3.63) is 50.8 Å². The van der Waals surface area contributed by atoms with Gasteiger partial charge in [-0.25, -0.2) is 4.98 Å². The molecule has 0 atom stereocenters. The average molecular weight is 376 g/mol. The lowest BCUT2D eigenvalue weighted by Crippen LogP contribution is -2.19. The molecule has 4 rings (SSSR count). The highest BCUT2D eigenvalue weighted by molar-refractivity contribution is 7.98. The van der Waals surface area contributed by atoms with Crippen molar-refractivity contribution in [3.8, 4) is 10.4 Å². The first-order chi connectivity index (χ1) is 11.6. The maximum Gasteiger partial charge on any atom is 0.263 e. The van der Waals surface area contributed by atoms with E-state index in [9.17, 15) is 4.79 Å². The van der Waals surface area contributed by atoms with Crippen LogP contribution in [-0.2, 0) is 12.8 Å². The zero-order valence-corrected chi connectivity index (χ0v) is 15.4. The highest BCUT2D eigenvalue weighted by Gasteiger charge is 2.16. The van der Waals surface area contributed by atoms with Crippen LogP contribution in [0.25, 0.3) is 20.7 Å². The van der Waals surface area contributed by atoms with Crippen LogP contribution in [0.2, 0.25) is 0 Å². The minimum Gasteiger partial charge on any atom is -0.360 e. The van der Waals surface area contributed by atoms with Gasteiger partial charge in [-0.15, -0.1) is 22.7 Å². The zero-order chi connectivity index (χ0) is 16.7. The Labute approximate surface area is 150 Å². The summed E-state index contributed by atoms with van der Waals surface area (Å²) >= 11 is 4.61. The van der Waals surface area contributed by atoms with Gasteiger partial charge in [-0.05, 0) is 18.4 Å². The molecule has 5 nitrogen and oxygen atoms in total. The van der Waals surface area contributed by atoms with Gasteiger partial charge in [-0.2, -0.15) is 0 Å². The largest absolute Gasteiger partial charge is 0.360 e. The van der Waals surface area contributed by atoms with Crippen molar-refractivity contribution in [1.82, 2.24) is 14.7 Å². The number of thioether (sulfide) groups is 1. The van der Waals surface area contributed by atoms with E-state index in [1.54, 1.807) is 23.0 Å². The van der Waals surface area contributed by atoms with E-state index in [0.29, 0.717) is 16.3 Å². The molecule has 8 heteroatoms. The minimum absolute atomic E-state index is 0.0131. The summed E-state index contributed by atoms with van der Waals surface area (Å²) in [6.45, 7) is 1.88. The SMILES string of the molecule is Cc1cc(CSc2nc3scc(-c4cccs4)c3c(=O)n2C)on1. The second-order valence-corrected chi connectivity index (χ2v) is 8.04. The first-order valence-electron chi connectivity index (χ1n) is 7.20. The van der Waals surface area contributed by atoms with Gasteiger partial charge in [0.25, 0.3) is 5.56 Å². The molecule has 122 valence electrons. The van der Waals surface area contributed by atoms with E-state index in [1.165, 1.54) is 23.1 Å². The van der Waals surface area contributed by atoms with E-state index in [2.05, 4.69) is 10.1 Å². The maximum atomic E-state index is 12.8. The summed E-state index contributed by atoms with van der Waals surface area (Å²) < 4.78 is 6.83. The summed E-state index contributed by atoms with van der Waals surface area (Å²) in [6, 6.07) is 5.91. The highest BCUT2D eigenvalue weighted by atomic mass is 32.2. The molecule has 0 fully saturated rings. The van der Waals surface area contributed by atoms with Crippen LogP contribution >= 0.6 is 34.4 Å². The van der Waals surface area contributed by atoms with Crippen LogP contribution < -0.4 is 5.56 Å². The second kappa shape index (κ2) is 6.19. The van der Waals surface area contributed by atoms with Crippen LogP contribution in [0.3, 0.4) is 0 Å². The summed E-state index contributed by atoms with van der Waals surface area (Å²) in [5.74, 6) is 1.37. The van der Waals surface area contributed by atoms with Crippen LogP contribution in [-0.4, -0.2) is 14.7 Å². The van der Waals surface area contributed by atoms with Crippen molar-refractivity contribution in [1.29, 1.82) is 0 Å². The molecule has 0 aliphatic heterocycles. The van der Waals surface area contributed by atoms with Crippen LogP contribution in [0, 0.1) is 6.92 Å². The molecule has 0 aliphatic carbocycles. The molecule has 4 aromatic rings. The molecule has 24 heavy (non-hydrogen) atoms. The van der Waals surface area contributed by atoms with Gasteiger partial charge in [-0.3, -0.25) is 9.36 Å². The molecule has 0 unspecified atom stereocenters. The molecule has 0 aromatic carbocycles. The van der Waals surface area contributed by atoms with Gasteiger partial charge < -0.3 is 4.52 Å². The fourth-order valence-corrected chi connectivity index (χ4v) is 5.06. The molecule has 0 saturated carbocycles. The first kappa shape index (κ1) is 15.6. The predicted molar refractivity (Wildman–Crippen MR) is 99.0 cm³/mol. The molecule has 0 radical (unpaired) electrons. The van der Waals surface area contributed by atoms with Crippen molar-refractivity contribution in [3.63, 3.8) is 0 Å². The number of nitrogens with zero attached hydrogens (tertiary/aromatic N) is 3. The van der Waals surface area contributed by atoms with E-state index in [4.69, 9.17) is 4.52 Å². The van der Waals surface area contributed by atoms with Crippen LogP contribution in [0.4, 0.5) is 0 Å². The summed E-state index contributed by atoms with van der Waals surface area (Å²) in [4.78, 5) is 19.4. The number of hydrogen-bond acceptors (Lipinski definition) is 7. The van der Waals surface area contributed by atoms with Gasteiger partial charge in [0.15, 0.2) is 5.16 Å². The van der Waals surface area contributed by atoms with Crippen LogP contribution in [0.15, 0.2) is 43.4 Å². The summed E-state index contributed by atoms with van der Waals surface area (Å²) in [6.07, 6.45) is 0. The number of aryl methyl sites for hydroxylation is 1. The fraction of sp³-hybridized carbons (Fsp3) is 0.188. The summed E-state index contributed by atoms with van der Waals surface area (Å²) in [7, 11) is 1.76. The van der Waals surface area contributed by atoms with Gasteiger partial charge in [0.2, 0.25) is 0 Å². The molecule has 0 amide bonds. The lowest BCUT2D eigenvalue weighted by molar-refractivity contribution is 0.391. The van der Waals surface area contributed by atoms with E-state index >= 15 is 0 Å². The molecule has 4 heterocycles. The molecular formula is C16H13N3O2S3. The molecule has 4 aromatic heterocycles. The Bertz CT molecular complexity index is 1060. The molecule has 0 aliphatic rings. The van der Waals surface area contributed by atoms with Gasteiger partial charge in [0.1, 0.15) is 10.6 Å². The van der Waals surface area contributed by atoms with Crippen molar-refractivity contribution in [2.75, 3.05) is 0 Å². The second-order valence-electron chi connectivity index (χ2n) is 5.29. The Morgan fingerprint density at radius 1 is 1.38 bits per heavy atom. The molecule has 0 saturated heterocycles. The molecular weight excluding hydrogens is 362 g/mol. The van der Waals surface area contributed by atoms with Crippen molar-refractivity contribution < 1.29 is 4.52 Å². The van der Waals surface area contributed by atoms with Gasteiger partial charge in [0.05, 0.1) is 16.8 Å². The maximum absolute atomic E-state index is 12.8. The number of fused-ring (bicyclic) bond motifs is 1. The lowest BCUT2D eigenvalue weighted by Gasteiger charge is -2.06. The predicted octanol–water partition coefficient (Wildman–Crippen LogP) is 4.31. The smallest absolute Gasteiger partial charge is 0.263 e. The van der Waals surface area contributed by atoms with E-state index in [0.717, 1.165) is 26.7 Å². The average Bonchev–Trinajstić information content (AvgIpc) is 3.29. The van der Waals surface area contributed by atoms with Crippen molar-refractivity contribution in [2.24, 2.45) is 7.05 Å².